The number of piperidine rings is 1. The van der Waals surface area contributed by atoms with Crippen LogP contribution < -0.4 is 10.2 Å². The van der Waals surface area contributed by atoms with E-state index in [4.69, 9.17) is 0 Å². The molecule has 0 saturated carbocycles. The van der Waals surface area contributed by atoms with E-state index >= 15 is 0 Å². The lowest BCUT2D eigenvalue weighted by Gasteiger charge is -2.36. The molecular weight excluding hydrogens is 414 g/mol. The molecule has 2 aliphatic heterocycles. The van der Waals surface area contributed by atoms with Crippen molar-refractivity contribution in [2.75, 3.05) is 35.6 Å². The molecule has 164 valence electrons. The number of hydrogen-bond acceptors (Lipinski definition) is 4. The summed E-state index contributed by atoms with van der Waals surface area (Å²) in [5.74, 6) is -0.811. The second kappa shape index (κ2) is 9.20. The van der Waals surface area contributed by atoms with Crippen molar-refractivity contribution < 1.29 is 18.0 Å². The number of benzene rings is 2. The van der Waals surface area contributed by atoms with Crippen LogP contribution in [0.2, 0.25) is 0 Å². The molecule has 2 amide bonds. The Hall–Kier alpha value is -2.71. The molecule has 0 bridgehead atoms. The maximum atomic E-state index is 13.3. The lowest BCUT2D eigenvalue weighted by Crippen LogP contribution is -2.50. The van der Waals surface area contributed by atoms with E-state index in [0.29, 0.717) is 43.6 Å². The Bertz CT molecular complexity index is 1060. The summed E-state index contributed by atoms with van der Waals surface area (Å²) in [6, 6.07) is 17.0. The number of fused-ring (bicyclic) bond motifs is 1. The molecule has 1 N–H and O–H groups in total. The Labute approximate surface area is 183 Å². The number of carbonyl (C=O) groups excluding carboxylic acids is 2. The van der Waals surface area contributed by atoms with Gasteiger partial charge in [0.15, 0.2) is 0 Å². The van der Waals surface area contributed by atoms with Crippen LogP contribution in [0.3, 0.4) is 0 Å². The summed E-state index contributed by atoms with van der Waals surface area (Å²) >= 11 is 0. The van der Waals surface area contributed by atoms with E-state index in [1.54, 1.807) is 18.2 Å². The molecule has 8 heteroatoms. The third-order valence-corrected chi connectivity index (χ3v) is 7.80. The summed E-state index contributed by atoms with van der Waals surface area (Å²) in [7, 11) is -3.44. The summed E-state index contributed by atoms with van der Waals surface area (Å²) in [5, 5.41) is 2.78. The molecular formula is C23H27N3O4S. The van der Waals surface area contributed by atoms with Gasteiger partial charge in [0.1, 0.15) is 6.54 Å². The fraction of sp³-hybridized carbons (Fsp3) is 0.391. The molecule has 0 aromatic heterocycles. The topological polar surface area (TPSA) is 86.8 Å². The fourth-order valence-electron chi connectivity index (χ4n) is 4.28. The molecule has 4 rings (SSSR count). The van der Waals surface area contributed by atoms with Gasteiger partial charge in [0, 0.05) is 13.1 Å². The highest BCUT2D eigenvalue weighted by Gasteiger charge is 2.36. The predicted octanol–water partition coefficient (Wildman–Crippen LogP) is 2.65. The molecule has 2 aromatic rings. The first-order valence-corrected chi connectivity index (χ1v) is 12.3. The maximum Gasteiger partial charge on any atom is 0.244 e. The molecule has 1 unspecified atom stereocenters. The van der Waals surface area contributed by atoms with Crippen molar-refractivity contribution in [2.24, 2.45) is 5.92 Å². The number of para-hydroxylation sites is 2. The third kappa shape index (κ3) is 4.97. The fourth-order valence-corrected chi connectivity index (χ4v) is 5.86. The van der Waals surface area contributed by atoms with Crippen LogP contribution in [0.4, 0.5) is 11.4 Å². The average molecular weight is 442 g/mol. The van der Waals surface area contributed by atoms with E-state index in [1.165, 1.54) is 9.21 Å². The van der Waals surface area contributed by atoms with Gasteiger partial charge >= 0.3 is 0 Å². The van der Waals surface area contributed by atoms with Crippen LogP contribution in [0.5, 0.6) is 0 Å². The van der Waals surface area contributed by atoms with Crippen molar-refractivity contribution >= 4 is 33.2 Å². The first-order chi connectivity index (χ1) is 14.9. The minimum absolute atomic E-state index is 0.0455. The molecule has 2 aliphatic rings. The Morgan fingerprint density at radius 2 is 1.81 bits per heavy atom. The van der Waals surface area contributed by atoms with Gasteiger partial charge in [-0.15, -0.1) is 0 Å². The lowest BCUT2D eigenvalue weighted by molar-refractivity contribution is -0.125. The smallest absolute Gasteiger partial charge is 0.244 e. The van der Waals surface area contributed by atoms with Crippen molar-refractivity contribution in [3.8, 4) is 0 Å². The maximum absolute atomic E-state index is 13.3. The Balaban J connectivity index is 1.41. The molecule has 2 aromatic carbocycles. The highest BCUT2D eigenvalue weighted by Crippen LogP contribution is 2.32. The van der Waals surface area contributed by atoms with Gasteiger partial charge in [0.2, 0.25) is 21.8 Å². The number of amides is 2. The number of aryl methyl sites for hydroxylation is 1. The van der Waals surface area contributed by atoms with Gasteiger partial charge in [-0.3, -0.25) is 9.59 Å². The molecule has 1 saturated heterocycles. The highest BCUT2D eigenvalue weighted by atomic mass is 32.2. The summed E-state index contributed by atoms with van der Waals surface area (Å²) < 4.78 is 27.3. The number of nitrogens with one attached hydrogen (secondary N) is 1. The largest absolute Gasteiger partial charge is 0.323 e. The van der Waals surface area contributed by atoms with Crippen LogP contribution in [0.1, 0.15) is 24.8 Å². The Morgan fingerprint density at radius 1 is 1.06 bits per heavy atom. The zero-order valence-electron chi connectivity index (χ0n) is 17.4. The van der Waals surface area contributed by atoms with Gasteiger partial charge in [-0.1, -0.05) is 42.5 Å². The Kier molecular flexibility index (Phi) is 6.38. The van der Waals surface area contributed by atoms with Gasteiger partial charge in [-0.05, 0) is 43.4 Å². The SMILES string of the molecule is O=C1CN(C(=O)C2CCCN(S(=O)(=O)CCCc3ccccc3)C2)c2ccccc2N1. The third-order valence-electron chi connectivity index (χ3n) is 5.87. The van der Waals surface area contributed by atoms with E-state index in [0.717, 1.165) is 5.56 Å². The van der Waals surface area contributed by atoms with E-state index in [2.05, 4.69) is 5.32 Å². The van der Waals surface area contributed by atoms with Crippen LogP contribution in [0.25, 0.3) is 0 Å². The standard InChI is InChI=1S/C23H27N3O4S/c27-22-17-26(21-13-5-4-12-20(21)24-22)23(28)19-11-6-14-25(16-19)31(29,30)15-7-10-18-8-2-1-3-9-18/h1-5,8-9,12-13,19H,6-7,10-11,14-17H2,(H,24,27). The normalized spacial score (nSPS) is 19.5. The number of hydrogen-bond donors (Lipinski definition) is 1. The van der Waals surface area contributed by atoms with Gasteiger partial charge in [-0.25, -0.2) is 12.7 Å². The van der Waals surface area contributed by atoms with Gasteiger partial charge in [0.25, 0.3) is 0 Å². The van der Waals surface area contributed by atoms with Crippen molar-refractivity contribution in [3.63, 3.8) is 0 Å². The number of nitrogens with zero attached hydrogens (tertiary/aromatic N) is 2. The second-order valence-electron chi connectivity index (χ2n) is 8.09. The van der Waals surface area contributed by atoms with Crippen LogP contribution in [-0.4, -0.2) is 49.9 Å². The molecule has 0 spiro atoms. The molecule has 1 fully saturated rings. The summed E-state index contributed by atoms with van der Waals surface area (Å²) in [6.45, 7) is 0.567. The number of anilines is 2. The van der Waals surface area contributed by atoms with E-state index in [1.807, 2.05) is 36.4 Å². The van der Waals surface area contributed by atoms with E-state index < -0.39 is 15.9 Å². The lowest BCUT2D eigenvalue weighted by atomic mass is 9.97. The van der Waals surface area contributed by atoms with Crippen molar-refractivity contribution in [2.45, 2.75) is 25.7 Å². The first-order valence-electron chi connectivity index (χ1n) is 10.7. The molecule has 7 nitrogen and oxygen atoms in total. The van der Waals surface area contributed by atoms with Crippen LogP contribution in [-0.2, 0) is 26.0 Å². The van der Waals surface area contributed by atoms with Gasteiger partial charge in [0.05, 0.1) is 23.0 Å². The van der Waals surface area contributed by atoms with Crippen LogP contribution in [0, 0.1) is 5.92 Å². The summed E-state index contributed by atoms with van der Waals surface area (Å²) in [4.78, 5) is 26.8. The van der Waals surface area contributed by atoms with E-state index in [-0.39, 0.29) is 30.7 Å². The highest BCUT2D eigenvalue weighted by molar-refractivity contribution is 7.89. The zero-order chi connectivity index (χ0) is 21.8. The van der Waals surface area contributed by atoms with Crippen LogP contribution >= 0.6 is 0 Å². The van der Waals surface area contributed by atoms with Crippen molar-refractivity contribution in [1.82, 2.24) is 4.31 Å². The number of rotatable bonds is 6. The quantitative estimate of drug-likeness (QED) is 0.747. The molecule has 0 radical (unpaired) electrons. The average Bonchev–Trinajstić information content (AvgIpc) is 2.78. The first kappa shape index (κ1) is 21.5. The minimum Gasteiger partial charge on any atom is -0.323 e. The van der Waals surface area contributed by atoms with Crippen LogP contribution in [0.15, 0.2) is 54.6 Å². The second-order valence-corrected chi connectivity index (χ2v) is 10.2. The molecule has 0 aliphatic carbocycles. The molecule has 2 heterocycles. The number of carbonyl (C=O) groups is 2. The monoisotopic (exact) mass is 441 g/mol. The van der Waals surface area contributed by atoms with E-state index in [9.17, 15) is 18.0 Å². The van der Waals surface area contributed by atoms with Gasteiger partial charge in [-0.2, -0.15) is 0 Å². The van der Waals surface area contributed by atoms with Crippen molar-refractivity contribution in [3.05, 3.63) is 60.2 Å². The Morgan fingerprint density at radius 3 is 2.61 bits per heavy atom. The van der Waals surface area contributed by atoms with Crippen molar-refractivity contribution in [1.29, 1.82) is 0 Å². The minimum atomic E-state index is -3.44. The zero-order valence-corrected chi connectivity index (χ0v) is 18.2. The molecule has 31 heavy (non-hydrogen) atoms. The molecule has 1 atom stereocenters. The predicted molar refractivity (Wildman–Crippen MR) is 120 cm³/mol. The number of sulfonamides is 1. The van der Waals surface area contributed by atoms with Gasteiger partial charge < -0.3 is 10.2 Å². The summed E-state index contributed by atoms with van der Waals surface area (Å²) in [5.41, 5.74) is 2.38. The summed E-state index contributed by atoms with van der Waals surface area (Å²) in [6.07, 6.45) is 2.50.